The largest absolute Gasteiger partial charge is 0.497 e. The van der Waals surface area contributed by atoms with Gasteiger partial charge in [0.2, 0.25) is 0 Å². The molecule has 2 aliphatic rings. The van der Waals surface area contributed by atoms with E-state index in [1.54, 1.807) is 7.11 Å². The molecule has 1 saturated carbocycles. The highest BCUT2D eigenvalue weighted by Crippen LogP contribution is 2.54. The lowest BCUT2D eigenvalue weighted by molar-refractivity contribution is -0.150. The summed E-state index contributed by atoms with van der Waals surface area (Å²) in [5, 5.41) is 0. The topological polar surface area (TPSA) is 42.0 Å². The number of hydrogen-bond acceptors (Lipinski definition) is 4. The zero-order chi connectivity index (χ0) is 24.3. The summed E-state index contributed by atoms with van der Waals surface area (Å²) >= 11 is 0. The Hall–Kier alpha value is -2.37. The van der Waals surface area contributed by atoms with Crippen LogP contribution in [-0.2, 0) is 10.2 Å². The summed E-state index contributed by atoms with van der Waals surface area (Å²) < 4.78 is 12.1. The number of nitrogens with zero attached hydrogens (tertiary/aromatic N) is 2. The van der Waals surface area contributed by atoms with E-state index in [2.05, 4.69) is 48.9 Å². The molecule has 2 fully saturated rings. The number of ether oxygens (including phenoxy) is 2. The van der Waals surface area contributed by atoms with Gasteiger partial charge in [0, 0.05) is 37.2 Å². The molecule has 0 aromatic heterocycles. The maximum atomic E-state index is 13.7. The lowest BCUT2D eigenvalue weighted by Crippen LogP contribution is -2.67. The van der Waals surface area contributed by atoms with E-state index in [9.17, 15) is 4.79 Å². The number of piperidine rings is 1. The van der Waals surface area contributed by atoms with Crippen LogP contribution in [0.2, 0.25) is 0 Å². The van der Waals surface area contributed by atoms with Crippen molar-refractivity contribution in [2.24, 2.45) is 5.92 Å². The Morgan fingerprint density at radius 1 is 1.12 bits per heavy atom. The molecular formula is C29H40N2O3. The third kappa shape index (κ3) is 4.48. The highest BCUT2D eigenvalue weighted by Gasteiger charge is 2.59. The van der Waals surface area contributed by atoms with E-state index in [0.717, 1.165) is 56.6 Å². The number of rotatable bonds is 7. The van der Waals surface area contributed by atoms with Crippen LogP contribution >= 0.6 is 0 Å². The Labute approximate surface area is 205 Å². The Morgan fingerprint density at radius 2 is 1.88 bits per heavy atom. The molecule has 0 radical (unpaired) electrons. The van der Waals surface area contributed by atoms with Crippen LogP contribution in [0.15, 0.2) is 54.6 Å². The molecule has 0 N–H and O–H groups in total. The quantitative estimate of drug-likeness (QED) is 0.578. The minimum absolute atomic E-state index is 0.137. The van der Waals surface area contributed by atoms with Crippen LogP contribution in [0.25, 0.3) is 0 Å². The van der Waals surface area contributed by atoms with Crippen LogP contribution in [0.4, 0.5) is 0 Å². The van der Waals surface area contributed by atoms with Gasteiger partial charge in [-0.3, -0.25) is 4.79 Å². The number of carbonyl (C=O) groups is 1. The second-order valence-electron chi connectivity index (χ2n) is 10.6. The number of amides is 1. The van der Waals surface area contributed by atoms with Crippen molar-refractivity contribution in [2.45, 2.75) is 56.6 Å². The molecule has 0 bridgehead atoms. The zero-order valence-corrected chi connectivity index (χ0v) is 21.4. The summed E-state index contributed by atoms with van der Waals surface area (Å²) in [6.45, 7) is 7.05. The number of fused-ring (bicyclic) bond motifs is 1. The molecule has 5 nitrogen and oxygen atoms in total. The summed E-state index contributed by atoms with van der Waals surface area (Å²) in [5.74, 6) is 1.40. The monoisotopic (exact) mass is 464 g/mol. The van der Waals surface area contributed by atoms with Gasteiger partial charge in [-0.15, -0.1) is 0 Å². The summed E-state index contributed by atoms with van der Waals surface area (Å²) in [6.07, 6.45) is 3.76. The van der Waals surface area contributed by atoms with E-state index < -0.39 is 0 Å². The normalized spacial score (nSPS) is 27.3. The van der Waals surface area contributed by atoms with E-state index in [4.69, 9.17) is 9.47 Å². The van der Waals surface area contributed by atoms with E-state index in [1.807, 2.05) is 43.5 Å². The molecule has 1 heterocycles. The molecule has 1 saturated heterocycles. The fraction of sp³-hybridized carbons (Fsp3) is 0.552. The van der Waals surface area contributed by atoms with Gasteiger partial charge in [-0.25, -0.2) is 0 Å². The maximum absolute atomic E-state index is 13.7. The van der Waals surface area contributed by atoms with Crippen molar-refractivity contribution in [1.82, 2.24) is 9.80 Å². The summed E-state index contributed by atoms with van der Waals surface area (Å²) in [6, 6.07) is 18.4. The fourth-order valence-electron chi connectivity index (χ4n) is 6.40. The predicted molar refractivity (Wildman–Crippen MR) is 136 cm³/mol. The molecule has 0 spiro atoms. The molecule has 1 aliphatic carbocycles. The first kappa shape index (κ1) is 24.7. The molecule has 4 rings (SSSR count). The summed E-state index contributed by atoms with van der Waals surface area (Å²) in [4.78, 5) is 18.3. The third-order valence-corrected chi connectivity index (χ3v) is 8.08. The van der Waals surface area contributed by atoms with Gasteiger partial charge in [0.05, 0.1) is 12.7 Å². The van der Waals surface area contributed by atoms with Gasteiger partial charge in [-0.1, -0.05) is 44.2 Å². The van der Waals surface area contributed by atoms with E-state index >= 15 is 0 Å². The van der Waals surface area contributed by atoms with Crippen LogP contribution in [0.3, 0.4) is 0 Å². The second-order valence-corrected chi connectivity index (χ2v) is 10.6. The number of methoxy groups -OCH3 is 2. The van der Waals surface area contributed by atoms with Crippen LogP contribution in [0.5, 0.6) is 5.75 Å². The van der Waals surface area contributed by atoms with E-state index in [1.165, 1.54) is 5.56 Å². The van der Waals surface area contributed by atoms with Gasteiger partial charge in [0.15, 0.2) is 0 Å². The first-order valence-electron chi connectivity index (χ1n) is 12.6. The Kier molecular flexibility index (Phi) is 7.34. The summed E-state index contributed by atoms with van der Waals surface area (Å²) in [7, 11) is 5.78. The number of carbonyl (C=O) groups excluding carboxylic acids is 1. The minimum Gasteiger partial charge on any atom is -0.497 e. The van der Waals surface area contributed by atoms with Crippen molar-refractivity contribution in [3.8, 4) is 5.75 Å². The van der Waals surface area contributed by atoms with Gasteiger partial charge in [-0.05, 0) is 75.0 Å². The van der Waals surface area contributed by atoms with Crippen LogP contribution in [0, 0.1) is 5.92 Å². The fourth-order valence-corrected chi connectivity index (χ4v) is 6.40. The van der Waals surface area contributed by atoms with Crippen molar-refractivity contribution in [3.05, 3.63) is 65.7 Å². The van der Waals surface area contributed by atoms with Gasteiger partial charge in [0.1, 0.15) is 5.75 Å². The van der Waals surface area contributed by atoms with Crippen molar-refractivity contribution in [2.75, 3.05) is 40.9 Å². The van der Waals surface area contributed by atoms with Crippen LogP contribution < -0.4 is 4.74 Å². The van der Waals surface area contributed by atoms with Gasteiger partial charge in [0.25, 0.3) is 5.91 Å². The van der Waals surface area contributed by atoms with E-state index in [0.29, 0.717) is 5.92 Å². The van der Waals surface area contributed by atoms with Gasteiger partial charge in [-0.2, -0.15) is 0 Å². The molecule has 2 aromatic rings. The van der Waals surface area contributed by atoms with E-state index in [-0.39, 0.29) is 23.0 Å². The highest BCUT2D eigenvalue weighted by molar-refractivity contribution is 5.94. The number of hydrogen-bond donors (Lipinski definition) is 0. The molecule has 1 aliphatic heterocycles. The first-order chi connectivity index (χ1) is 16.3. The lowest BCUT2D eigenvalue weighted by Gasteiger charge is -2.60. The molecular weight excluding hydrogens is 424 g/mol. The average Bonchev–Trinajstić information content (AvgIpc) is 2.87. The van der Waals surface area contributed by atoms with Gasteiger partial charge >= 0.3 is 0 Å². The molecule has 3 atom stereocenters. The van der Waals surface area contributed by atoms with Crippen molar-refractivity contribution in [3.63, 3.8) is 0 Å². The summed E-state index contributed by atoms with van der Waals surface area (Å²) in [5.41, 5.74) is 1.56. The number of benzene rings is 2. The zero-order valence-electron chi connectivity index (χ0n) is 21.4. The van der Waals surface area contributed by atoms with Crippen LogP contribution in [0.1, 0.15) is 55.5 Å². The highest BCUT2D eigenvalue weighted by atomic mass is 16.5. The molecule has 34 heavy (non-hydrogen) atoms. The minimum atomic E-state index is -0.290. The predicted octanol–water partition coefficient (Wildman–Crippen LogP) is 5.00. The average molecular weight is 465 g/mol. The molecule has 2 aromatic carbocycles. The Bertz CT molecular complexity index is 978. The molecule has 1 amide bonds. The Balaban J connectivity index is 1.77. The first-order valence-corrected chi connectivity index (χ1v) is 12.6. The second kappa shape index (κ2) is 10.1. The Morgan fingerprint density at radius 3 is 2.56 bits per heavy atom. The van der Waals surface area contributed by atoms with Crippen molar-refractivity contribution < 1.29 is 14.3 Å². The smallest absolute Gasteiger partial charge is 0.254 e. The van der Waals surface area contributed by atoms with Crippen molar-refractivity contribution in [1.29, 1.82) is 0 Å². The van der Waals surface area contributed by atoms with Crippen molar-refractivity contribution >= 4 is 5.91 Å². The molecule has 184 valence electrons. The van der Waals surface area contributed by atoms with Crippen LogP contribution in [-0.4, -0.2) is 68.3 Å². The molecule has 5 heteroatoms. The standard InChI is InChI=1S/C29H40N2O3/c1-22(2)20-31(27(32)23-10-7-6-8-11-23)25-14-15-29(34-5)21-30(3)17-16-28(29,19-25)24-12-9-13-26(18-24)33-4/h6-13,18,22,25H,14-17,19-21H2,1-5H3/t25-,28-,29-/m0/s1. The number of likely N-dealkylation sites (N-methyl/N-ethyl adjacent to an activating group) is 1. The third-order valence-electron chi connectivity index (χ3n) is 8.08. The molecule has 0 unspecified atom stereocenters. The lowest BCUT2D eigenvalue weighted by atomic mass is 9.55. The maximum Gasteiger partial charge on any atom is 0.254 e. The SMILES string of the molecule is COc1cccc([C@@]23CCN(C)C[C@@]2(OC)CC[C@H](N(CC(C)C)C(=O)c2ccccc2)C3)c1. The van der Waals surface area contributed by atoms with Gasteiger partial charge < -0.3 is 19.3 Å². The number of likely N-dealkylation sites (tertiary alicyclic amines) is 1.